The summed E-state index contributed by atoms with van der Waals surface area (Å²) in [5.41, 5.74) is 5.68. The minimum Gasteiger partial charge on any atom is -0.494 e. The summed E-state index contributed by atoms with van der Waals surface area (Å²) in [7, 11) is 0. The predicted octanol–water partition coefficient (Wildman–Crippen LogP) is 1.27. The molecule has 0 saturated carbocycles. The molecule has 2 N–H and O–H groups in total. The van der Waals surface area contributed by atoms with E-state index in [0.717, 1.165) is 0 Å². The van der Waals surface area contributed by atoms with E-state index in [-0.39, 0.29) is 11.6 Å². The standard InChI is InChI=1S/C8H15NO/c1-6-4-5-10-8(2,3)7(6)9/h4-7H,9H2,1-3H3. The molecule has 58 valence electrons. The molecule has 0 aromatic rings. The molecule has 0 radical (unpaired) electrons. The lowest BCUT2D eigenvalue weighted by Crippen LogP contribution is -2.49. The largest absolute Gasteiger partial charge is 0.494 e. The Morgan fingerprint density at radius 3 is 2.50 bits per heavy atom. The van der Waals surface area contributed by atoms with Gasteiger partial charge in [-0.3, -0.25) is 0 Å². The SMILES string of the molecule is CC1C=COC(C)(C)C1N. The summed E-state index contributed by atoms with van der Waals surface area (Å²) in [6.07, 6.45) is 3.74. The van der Waals surface area contributed by atoms with E-state index < -0.39 is 0 Å². The molecule has 0 bridgehead atoms. The Bertz CT molecular complexity index is 151. The minimum atomic E-state index is -0.200. The van der Waals surface area contributed by atoms with Crippen molar-refractivity contribution in [3.8, 4) is 0 Å². The molecule has 2 nitrogen and oxygen atoms in total. The van der Waals surface area contributed by atoms with Gasteiger partial charge in [0.05, 0.1) is 6.26 Å². The van der Waals surface area contributed by atoms with Crippen molar-refractivity contribution >= 4 is 0 Å². The summed E-state index contributed by atoms with van der Waals surface area (Å²) in [5, 5.41) is 0. The monoisotopic (exact) mass is 141 g/mol. The zero-order chi connectivity index (χ0) is 7.78. The number of hydrogen-bond acceptors (Lipinski definition) is 2. The summed E-state index contributed by atoms with van der Waals surface area (Å²) >= 11 is 0. The summed E-state index contributed by atoms with van der Waals surface area (Å²) in [6, 6.07) is 0.109. The fraction of sp³-hybridized carbons (Fsp3) is 0.750. The lowest BCUT2D eigenvalue weighted by Gasteiger charge is -2.36. The second-order valence-corrected chi connectivity index (χ2v) is 3.43. The number of hydrogen-bond donors (Lipinski definition) is 1. The average molecular weight is 141 g/mol. The first-order valence-electron chi connectivity index (χ1n) is 3.64. The zero-order valence-electron chi connectivity index (χ0n) is 6.79. The van der Waals surface area contributed by atoms with Gasteiger partial charge < -0.3 is 10.5 Å². The van der Waals surface area contributed by atoms with Crippen molar-refractivity contribution in [3.05, 3.63) is 12.3 Å². The van der Waals surface area contributed by atoms with Gasteiger partial charge in [0.15, 0.2) is 0 Å². The van der Waals surface area contributed by atoms with Crippen molar-refractivity contribution in [1.29, 1.82) is 0 Å². The maximum atomic E-state index is 5.88. The van der Waals surface area contributed by atoms with E-state index >= 15 is 0 Å². The van der Waals surface area contributed by atoms with Crippen molar-refractivity contribution < 1.29 is 4.74 Å². The molecule has 1 aliphatic heterocycles. The van der Waals surface area contributed by atoms with Crippen LogP contribution in [0, 0.1) is 5.92 Å². The molecule has 0 amide bonds. The van der Waals surface area contributed by atoms with Crippen LogP contribution in [0.2, 0.25) is 0 Å². The first-order chi connectivity index (χ1) is 4.54. The van der Waals surface area contributed by atoms with Gasteiger partial charge in [-0.25, -0.2) is 0 Å². The molecule has 0 saturated heterocycles. The zero-order valence-corrected chi connectivity index (χ0v) is 6.79. The maximum absolute atomic E-state index is 5.88. The topological polar surface area (TPSA) is 35.2 Å². The Kier molecular flexibility index (Phi) is 1.73. The third kappa shape index (κ3) is 1.16. The molecule has 10 heavy (non-hydrogen) atoms. The molecule has 0 aromatic carbocycles. The summed E-state index contributed by atoms with van der Waals surface area (Å²) in [5.74, 6) is 0.420. The Labute approximate surface area is 62.1 Å². The third-order valence-corrected chi connectivity index (χ3v) is 2.12. The Hall–Kier alpha value is -0.500. The number of rotatable bonds is 0. The maximum Gasteiger partial charge on any atom is 0.118 e. The Balaban J connectivity index is 2.75. The molecule has 0 fully saturated rings. The highest BCUT2D eigenvalue weighted by Gasteiger charge is 2.33. The third-order valence-electron chi connectivity index (χ3n) is 2.12. The predicted molar refractivity (Wildman–Crippen MR) is 41.4 cm³/mol. The fourth-order valence-electron chi connectivity index (χ4n) is 1.17. The second kappa shape index (κ2) is 2.27. The van der Waals surface area contributed by atoms with Gasteiger partial charge in [-0.2, -0.15) is 0 Å². The van der Waals surface area contributed by atoms with Crippen LogP contribution in [0.1, 0.15) is 20.8 Å². The molecule has 1 aliphatic rings. The van der Waals surface area contributed by atoms with E-state index in [1.165, 1.54) is 0 Å². The van der Waals surface area contributed by atoms with Gasteiger partial charge in [-0.1, -0.05) is 6.92 Å². The lowest BCUT2D eigenvalue weighted by atomic mass is 9.87. The second-order valence-electron chi connectivity index (χ2n) is 3.43. The van der Waals surface area contributed by atoms with Gasteiger partial charge in [0.1, 0.15) is 5.60 Å². The normalized spacial score (nSPS) is 37.2. The van der Waals surface area contributed by atoms with Crippen molar-refractivity contribution in [1.82, 2.24) is 0 Å². The summed E-state index contributed by atoms with van der Waals surface area (Å²) < 4.78 is 5.34. The van der Waals surface area contributed by atoms with Crippen molar-refractivity contribution in [2.45, 2.75) is 32.4 Å². The highest BCUT2D eigenvalue weighted by atomic mass is 16.5. The van der Waals surface area contributed by atoms with Crippen LogP contribution >= 0.6 is 0 Å². The highest BCUT2D eigenvalue weighted by molar-refractivity contribution is 5.00. The molecule has 0 aliphatic carbocycles. The molecular weight excluding hydrogens is 126 g/mol. The van der Waals surface area contributed by atoms with Crippen molar-refractivity contribution in [2.75, 3.05) is 0 Å². The first-order valence-corrected chi connectivity index (χ1v) is 3.64. The summed E-state index contributed by atoms with van der Waals surface area (Å²) in [6.45, 7) is 6.13. The van der Waals surface area contributed by atoms with E-state index in [9.17, 15) is 0 Å². The van der Waals surface area contributed by atoms with Gasteiger partial charge in [0.2, 0.25) is 0 Å². The van der Waals surface area contributed by atoms with E-state index in [1.807, 2.05) is 19.9 Å². The van der Waals surface area contributed by atoms with E-state index in [0.29, 0.717) is 5.92 Å². The molecule has 1 rings (SSSR count). The molecular formula is C8H15NO. The first kappa shape index (κ1) is 7.61. The van der Waals surface area contributed by atoms with Crippen LogP contribution in [-0.2, 0) is 4.74 Å². The summed E-state index contributed by atoms with van der Waals surface area (Å²) in [4.78, 5) is 0. The smallest absolute Gasteiger partial charge is 0.118 e. The number of ether oxygens (including phenoxy) is 1. The Morgan fingerprint density at radius 1 is 1.50 bits per heavy atom. The molecule has 2 heteroatoms. The molecule has 2 unspecified atom stereocenters. The molecule has 2 atom stereocenters. The van der Waals surface area contributed by atoms with Gasteiger partial charge in [0.25, 0.3) is 0 Å². The van der Waals surface area contributed by atoms with Crippen LogP contribution in [0.5, 0.6) is 0 Å². The van der Waals surface area contributed by atoms with Gasteiger partial charge in [-0.15, -0.1) is 0 Å². The van der Waals surface area contributed by atoms with E-state index in [1.54, 1.807) is 6.26 Å². The number of nitrogens with two attached hydrogens (primary N) is 1. The van der Waals surface area contributed by atoms with Crippen molar-refractivity contribution in [2.24, 2.45) is 11.7 Å². The van der Waals surface area contributed by atoms with Crippen LogP contribution in [0.15, 0.2) is 12.3 Å². The quantitative estimate of drug-likeness (QED) is 0.551. The average Bonchev–Trinajstić information content (AvgIpc) is 1.83. The Morgan fingerprint density at radius 2 is 2.10 bits per heavy atom. The highest BCUT2D eigenvalue weighted by Crippen LogP contribution is 2.24. The van der Waals surface area contributed by atoms with Crippen LogP contribution < -0.4 is 5.73 Å². The van der Waals surface area contributed by atoms with E-state index in [2.05, 4.69) is 6.92 Å². The van der Waals surface area contributed by atoms with Crippen LogP contribution in [0.4, 0.5) is 0 Å². The molecule has 1 heterocycles. The fourth-order valence-corrected chi connectivity index (χ4v) is 1.17. The van der Waals surface area contributed by atoms with Crippen molar-refractivity contribution in [3.63, 3.8) is 0 Å². The van der Waals surface area contributed by atoms with Gasteiger partial charge >= 0.3 is 0 Å². The van der Waals surface area contributed by atoms with Crippen LogP contribution in [-0.4, -0.2) is 11.6 Å². The lowest BCUT2D eigenvalue weighted by molar-refractivity contribution is 0.00740. The minimum absolute atomic E-state index is 0.109. The molecule has 0 spiro atoms. The van der Waals surface area contributed by atoms with Gasteiger partial charge in [0, 0.05) is 6.04 Å². The molecule has 0 aromatic heterocycles. The van der Waals surface area contributed by atoms with E-state index in [4.69, 9.17) is 10.5 Å². The van der Waals surface area contributed by atoms with Crippen LogP contribution in [0.3, 0.4) is 0 Å². The van der Waals surface area contributed by atoms with Gasteiger partial charge in [-0.05, 0) is 25.8 Å². The van der Waals surface area contributed by atoms with Crippen LogP contribution in [0.25, 0.3) is 0 Å².